The fourth-order valence-corrected chi connectivity index (χ4v) is 1.40. The predicted octanol–water partition coefficient (Wildman–Crippen LogP) is 1.05. The van der Waals surface area contributed by atoms with Gasteiger partial charge in [0.25, 0.3) is 0 Å². The van der Waals surface area contributed by atoms with Crippen LogP contribution in [0.4, 0.5) is 4.79 Å². The van der Waals surface area contributed by atoms with Crippen LogP contribution < -0.4 is 0 Å². The summed E-state index contributed by atoms with van der Waals surface area (Å²) in [7, 11) is 0. The van der Waals surface area contributed by atoms with Gasteiger partial charge in [-0.15, -0.1) is 0 Å². The first-order valence-electron chi connectivity index (χ1n) is 4.59. The number of likely N-dealkylation sites (tertiary alicyclic amines) is 1. The molecule has 1 aliphatic heterocycles. The first kappa shape index (κ1) is 10.0. The molecule has 0 aromatic rings. The molecule has 0 bridgehead atoms. The SMILES string of the molecule is CCOC(=O)N1CCC(=O)[C@H](C)C1. The first-order chi connectivity index (χ1) is 6.15. The molecule has 0 saturated carbocycles. The standard InChI is InChI=1S/C9H15NO3/c1-3-13-9(12)10-5-4-8(11)7(2)6-10/h7H,3-6H2,1-2H3/t7-/m1/s1. The number of hydrogen-bond donors (Lipinski definition) is 0. The van der Waals surface area contributed by atoms with Gasteiger partial charge >= 0.3 is 6.09 Å². The Labute approximate surface area is 77.8 Å². The van der Waals surface area contributed by atoms with Gasteiger partial charge in [-0.25, -0.2) is 4.79 Å². The van der Waals surface area contributed by atoms with Crippen molar-refractivity contribution in [2.24, 2.45) is 5.92 Å². The maximum absolute atomic E-state index is 11.2. The van der Waals surface area contributed by atoms with Crippen LogP contribution in [0.15, 0.2) is 0 Å². The highest BCUT2D eigenvalue weighted by molar-refractivity contribution is 5.83. The zero-order chi connectivity index (χ0) is 9.84. The monoisotopic (exact) mass is 185 g/mol. The van der Waals surface area contributed by atoms with Crippen molar-refractivity contribution in [2.45, 2.75) is 20.3 Å². The van der Waals surface area contributed by atoms with Gasteiger partial charge in [0, 0.05) is 25.4 Å². The van der Waals surface area contributed by atoms with Crippen LogP contribution in [0.5, 0.6) is 0 Å². The van der Waals surface area contributed by atoms with Crippen LogP contribution in [0.3, 0.4) is 0 Å². The van der Waals surface area contributed by atoms with Crippen molar-refractivity contribution in [3.05, 3.63) is 0 Å². The minimum atomic E-state index is -0.304. The summed E-state index contributed by atoms with van der Waals surface area (Å²) in [6, 6.07) is 0. The molecule has 0 aromatic heterocycles. The lowest BCUT2D eigenvalue weighted by Gasteiger charge is -2.28. The fourth-order valence-electron chi connectivity index (χ4n) is 1.40. The third-order valence-electron chi connectivity index (χ3n) is 2.20. The maximum Gasteiger partial charge on any atom is 0.409 e. The van der Waals surface area contributed by atoms with Crippen LogP contribution in [0, 0.1) is 5.92 Å². The molecule has 0 N–H and O–H groups in total. The van der Waals surface area contributed by atoms with Gasteiger partial charge in [0.15, 0.2) is 0 Å². The summed E-state index contributed by atoms with van der Waals surface area (Å²) in [4.78, 5) is 24.0. The number of amides is 1. The van der Waals surface area contributed by atoms with E-state index in [-0.39, 0.29) is 17.8 Å². The van der Waals surface area contributed by atoms with E-state index >= 15 is 0 Å². The number of piperidine rings is 1. The third kappa shape index (κ3) is 2.44. The van der Waals surface area contributed by atoms with Gasteiger partial charge in [-0.1, -0.05) is 6.92 Å². The van der Waals surface area contributed by atoms with E-state index in [1.165, 1.54) is 0 Å². The van der Waals surface area contributed by atoms with E-state index in [9.17, 15) is 9.59 Å². The Morgan fingerprint density at radius 2 is 2.38 bits per heavy atom. The van der Waals surface area contributed by atoms with Crippen LogP contribution in [0.2, 0.25) is 0 Å². The highest BCUT2D eigenvalue weighted by atomic mass is 16.6. The second-order valence-electron chi connectivity index (χ2n) is 3.26. The molecule has 0 unspecified atom stereocenters. The topological polar surface area (TPSA) is 46.6 Å². The number of hydrogen-bond acceptors (Lipinski definition) is 3. The smallest absolute Gasteiger partial charge is 0.409 e. The number of rotatable bonds is 1. The Bertz CT molecular complexity index is 215. The number of nitrogens with zero attached hydrogens (tertiary/aromatic N) is 1. The molecule has 0 aromatic carbocycles. The summed E-state index contributed by atoms with van der Waals surface area (Å²) in [6.45, 7) is 5.00. The average Bonchev–Trinajstić information content (AvgIpc) is 2.10. The molecule has 1 amide bonds. The van der Waals surface area contributed by atoms with Gasteiger partial charge in [0.2, 0.25) is 0 Å². The zero-order valence-corrected chi connectivity index (χ0v) is 8.08. The van der Waals surface area contributed by atoms with E-state index in [2.05, 4.69) is 0 Å². The Hall–Kier alpha value is -1.06. The molecule has 74 valence electrons. The second-order valence-corrected chi connectivity index (χ2v) is 3.26. The maximum atomic E-state index is 11.2. The van der Waals surface area contributed by atoms with Gasteiger partial charge in [0.05, 0.1) is 6.61 Å². The first-order valence-corrected chi connectivity index (χ1v) is 4.59. The molecule has 0 aliphatic carbocycles. The van der Waals surface area contributed by atoms with E-state index in [1.54, 1.807) is 11.8 Å². The average molecular weight is 185 g/mol. The van der Waals surface area contributed by atoms with Gasteiger partial charge < -0.3 is 9.64 Å². The fraction of sp³-hybridized carbons (Fsp3) is 0.778. The van der Waals surface area contributed by atoms with Crippen molar-refractivity contribution < 1.29 is 14.3 Å². The normalized spacial score (nSPS) is 23.1. The van der Waals surface area contributed by atoms with Gasteiger partial charge in [-0.05, 0) is 6.92 Å². The van der Waals surface area contributed by atoms with Crippen LogP contribution in [0.25, 0.3) is 0 Å². The second kappa shape index (κ2) is 4.25. The minimum Gasteiger partial charge on any atom is -0.450 e. The largest absolute Gasteiger partial charge is 0.450 e. The van der Waals surface area contributed by atoms with Crippen molar-refractivity contribution in [1.82, 2.24) is 4.90 Å². The molecular weight excluding hydrogens is 170 g/mol. The number of ether oxygens (including phenoxy) is 1. The van der Waals surface area contributed by atoms with Crippen molar-refractivity contribution >= 4 is 11.9 Å². The van der Waals surface area contributed by atoms with Crippen molar-refractivity contribution in [1.29, 1.82) is 0 Å². The van der Waals surface area contributed by atoms with Crippen LogP contribution in [0.1, 0.15) is 20.3 Å². The lowest BCUT2D eigenvalue weighted by molar-refractivity contribution is -0.125. The molecular formula is C9H15NO3. The summed E-state index contributed by atoms with van der Waals surface area (Å²) >= 11 is 0. The third-order valence-corrected chi connectivity index (χ3v) is 2.20. The van der Waals surface area contributed by atoms with E-state index < -0.39 is 0 Å². The lowest BCUT2D eigenvalue weighted by Crippen LogP contribution is -2.43. The Kier molecular flexibility index (Phi) is 3.28. The van der Waals surface area contributed by atoms with Crippen molar-refractivity contribution in [3.63, 3.8) is 0 Å². The molecule has 1 aliphatic rings. The van der Waals surface area contributed by atoms with Crippen LogP contribution in [-0.2, 0) is 9.53 Å². The van der Waals surface area contributed by atoms with Crippen LogP contribution >= 0.6 is 0 Å². The van der Waals surface area contributed by atoms with Crippen LogP contribution in [-0.4, -0.2) is 36.5 Å². The molecule has 4 nitrogen and oxygen atoms in total. The molecule has 1 heterocycles. The number of Topliss-reactive ketones (excluding diaryl/α,β-unsaturated/α-hetero) is 1. The van der Waals surface area contributed by atoms with E-state index in [0.29, 0.717) is 26.1 Å². The quantitative estimate of drug-likeness (QED) is 0.613. The highest BCUT2D eigenvalue weighted by Gasteiger charge is 2.27. The molecule has 13 heavy (non-hydrogen) atoms. The van der Waals surface area contributed by atoms with Gasteiger partial charge in [-0.2, -0.15) is 0 Å². The predicted molar refractivity (Wildman–Crippen MR) is 47.4 cm³/mol. The summed E-state index contributed by atoms with van der Waals surface area (Å²) in [5.41, 5.74) is 0. The number of carbonyl (C=O) groups is 2. The Balaban J connectivity index is 2.45. The molecule has 1 fully saturated rings. The van der Waals surface area contributed by atoms with Gasteiger partial charge in [-0.3, -0.25) is 4.79 Å². The summed E-state index contributed by atoms with van der Waals surface area (Å²) in [5, 5.41) is 0. The molecule has 1 rings (SSSR count). The van der Waals surface area contributed by atoms with E-state index in [0.717, 1.165) is 0 Å². The summed E-state index contributed by atoms with van der Waals surface area (Å²) in [5.74, 6) is 0.193. The zero-order valence-electron chi connectivity index (χ0n) is 8.08. The molecule has 4 heteroatoms. The lowest BCUT2D eigenvalue weighted by atomic mass is 9.99. The summed E-state index contributed by atoms with van der Waals surface area (Å²) in [6.07, 6.45) is 0.154. The summed E-state index contributed by atoms with van der Waals surface area (Å²) < 4.78 is 4.84. The molecule has 0 radical (unpaired) electrons. The highest BCUT2D eigenvalue weighted by Crippen LogP contribution is 2.12. The molecule has 1 saturated heterocycles. The van der Waals surface area contributed by atoms with E-state index in [4.69, 9.17) is 4.74 Å². The Morgan fingerprint density at radius 1 is 1.69 bits per heavy atom. The molecule has 1 atom stereocenters. The van der Waals surface area contributed by atoms with Crippen molar-refractivity contribution in [3.8, 4) is 0 Å². The van der Waals surface area contributed by atoms with Gasteiger partial charge in [0.1, 0.15) is 5.78 Å². The van der Waals surface area contributed by atoms with E-state index in [1.807, 2.05) is 6.92 Å². The number of carbonyl (C=O) groups excluding carboxylic acids is 2. The molecule has 0 spiro atoms. The Morgan fingerprint density at radius 3 is 2.92 bits per heavy atom. The van der Waals surface area contributed by atoms with Crippen molar-refractivity contribution in [2.75, 3.05) is 19.7 Å². The minimum absolute atomic E-state index is 0.0434. The number of ketones is 1.